The number of fused-ring (bicyclic) bond motifs is 1. The van der Waals surface area contributed by atoms with E-state index in [2.05, 4.69) is 4.36 Å². The number of carbonyl (C=O) groups is 2. The summed E-state index contributed by atoms with van der Waals surface area (Å²) in [6.45, 7) is 3.50. The molecule has 2 atom stereocenters. The van der Waals surface area contributed by atoms with E-state index in [4.69, 9.17) is 9.15 Å². The lowest BCUT2D eigenvalue weighted by Crippen LogP contribution is -2.46. The van der Waals surface area contributed by atoms with E-state index in [-0.39, 0.29) is 16.9 Å². The quantitative estimate of drug-likeness (QED) is 0.703. The van der Waals surface area contributed by atoms with Crippen molar-refractivity contribution in [1.82, 2.24) is 4.90 Å². The molecule has 29 heavy (non-hydrogen) atoms. The third-order valence-corrected chi connectivity index (χ3v) is 8.55. The van der Waals surface area contributed by atoms with E-state index >= 15 is 0 Å². The van der Waals surface area contributed by atoms with Crippen molar-refractivity contribution in [3.8, 4) is 0 Å². The minimum absolute atomic E-state index is 0.00846. The fourth-order valence-electron chi connectivity index (χ4n) is 4.22. The van der Waals surface area contributed by atoms with Gasteiger partial charge in [-0.05, 0) is 63.4 Å². The minimum atomic E-state index is -2.71. The molecule has 1 saturated carbocycles. The summed E-state index contributed by atoms with van der Waals surface area (Å²) in [6, 6.07) is 0. The van der Waals surface area contributed by atoms with Crippen LogP contribution in [0.1, 0.15) is 60.7 Å². The average Bonchev–Trinajstić information content (AvgIpc) is 3.26. The average molecular weight is 423 g/mol. The largest absolute Gasteiger partial charge is 0.458 e. The summed E-state index contributed by atoms with van der Waals surface area (Å²) < 4.78 is 28.4. The Balaban J connectivity index is 1.35. The molecule has 0 spiro atoms. The van der Waals surface area contributed by atoms with E-state index in [9.17, 15) is 13.8 Å². The number of hydrogen-bond acceptors (Lipinski definition) is 5. The number of rotatable bonds is 6. The predicted octanol–water partition coefficient (Wildman–Crippen LogP) is 2.81. The van der Waals surface area contributed by atoms with Crippen LogP contribution in [0.4, 0.5) is 0 Å². The van der Waals surface area contributed by atoms with Crippen LogP contribution in [0.25, 0.3) is 0 Å². The van der Waals surface area contributed by atoms with Gasteiger partial charge in [0, 0.05) is 30.2 Å². The SMILES string of the molecule is CC(OCC1CC1)C(=O)N1CCC(S(C)(=O)=NC(=O)c2occ3c2CCC3)CC1. The first-order valence-electron chi connectivity index (χ1n) is 10.6. The van der Waals surface area contributed by atoms with Crippen LogP contribution >= 0.6 is 0 Å². The zero-order valence-corrected chi connectivity index (χ0v) is 18.0. The fourth-order valence-corrected chi connectivity index (χ4v) is 5.87. The molecule has 2 unspecified atom stereocenters. The molecule has 3 aliphatic rings. The van der Waals surface area contributed by atoms with Crippen LogP contribution in [0.2, 0.25) is 0 Å². The molecule has 2 fully saturated rings. The molecule has 1 aromatic heterocycles. The lowest BCUT2D eigenvalue weighted by Gasteiger charge is -2.33. The van der Waals surface area contributed by atoms with Gasteiger partial charge in [-0.15, -0.1) is 0 Å². The number of likely N-dealkylation sites (tertiary alicyclic amines) is 1. The van der Waals surface area contributed by atoms with Crippen LogP contribution in [0.15, 0.2) is 15.0 Å². The van der Waals surface area contributed by atoms with Crippen LogP contribution in [0.3, 0.4) is 0 Å². The van der Waals surface area contributed by atoms with Crippen molar-refractivity contribution in [3.05, 3.63) is 23.2 Å². The van der Waals surface area contributed by atoms with Gasteiger partial charge in [-0.25, -0.2) is 4.21 Å². The molecule has 2 aliphatic carbocycles. The van der Waals surface area contributed by atoms with E-state index in [0.29, 0.717) is 38.5 Å². The number of furan rings is 1. The topological polar surface area (TPSA) is 89.2 Å². The molecule has 1 saturated heterocycles. The smallest absolute Gasteiger partial charge is 0.321 e. The zero-order valence-electron chi connectivity index (χ0n) is 17.2. The van der Waals surface area contributed by atoms with E-state index in [1.165, 1.54) is 12.8 Å². The van der Waals surface area contributed by atoms with Crippen molar-refractivity contribution in [1.29, 1.82) is 0 Å². The van der Waals surface area contributed by atoms with Crippen LogP contribution in [-0.2, 0) is 32.1 Å². The molecule has 7 nitrogen and oxygen atoms in total. The maximum atomic E-state index is 13.2. The van der Waals surface area contributed by atoms with Crippen molar-refractivity contribution >= 4 is 21.5 Å². The van der Waals surface area contributed by atoms with Crippen molar-refractivity contribution in [2.24, 2.45) is 10.3 Å². The van der Waals surface area contributed by atoms with Crippen LogP contribution in [0.5, 0.6) is 0 Å². The maximum Gasteiger partial charge on any atom is 0.321 e. The summed E-state index contributed by atoms with van der Waals surface area (Å²) in [4.78, 5) is 26.9. The Labute approximate surface area is 172 Å². The van der Waals surface area contributed by atoms with Gasteiger partial charge < -0.3 is 14.1 Å². The van der Waals surface area contributed by atoms with Crippen LogP contribution < -0.4 is 0 Å². The number of nitrogens with zero attached hydrogens (tertiary/aromatic N) is 2. The molecule has 4 rings (SSSR count). The molecule has 0 bridgehead atoms. The van der Waals surface area contributed by atoms with Crippen molar-refractivity contribution in [2.45, 2.75) is 63.2 Å². The highest BCUT2D eigenvalue weighted by atomic mass is 32.2. The molecule has 1 aliphatic heterocycles. The van der Waals surface area contributed by atoms with Crippen LogP contribution in [-0.4, -0.2) is 58.2 Å². The third kappa shape index (κ3) is 4.58. The minimum Gasteiger partial charge on any atom is -0.458 e. The fraction of sp³-hybridized carbons (Fsp3) is 0.714. The maximum absolute atomic E-state index is 13.2. The number of aryl methyl sites for hydroxylation is 1. The lowest BCUT2D eigenvalue weighted by molar-refractivity contribution is -0.143. The second kappa shape index (κ2) is 8.22. The van der Waals surface area contributed by atoms with Crippen molar-refractivity contribution in [3.63, 3.8) is 0 Å². The third-order valence-electron chi connectivity index (χ3n) is 6.31. The second-order valence-electron chi connectivity index (χ2n) is 8.62. The van der Waals surface area contributed by atoms with Gasteiger partial charge in [-0.3, -0.25) is 9.59 Å². The van der Waals surface area contributed by atoms with E-state index in [1.807, 2.05) is 0 Å². The van der Waals surface area contributed by atoms with Gasteiger partial charge in [-0.1, -0.05) is 0 Å². The molecule has 0 N–H and O–H groups in total. The first-order valence-corrected chi connectivity index (χ1v) is 12.6. The number of carbonyl (C=O) groups excluding carboxylic acids is 2. The number of hydrogen-bond donors (Lipinski definition) is 0. The highest BCUT2D eigenvalue weighted by molar-refractivity contribution is 7.93. The molecule has 0 radical (unpaired) electrons. The van der Waals surface area contributed by atoms with E-state index < -0.39 is 21.7 Å². The Bertz CT molecular complexity index is 902. The predicted molar refractivity (Wildman–Crippen MR) is 109 cm³/mol. The number of amides is 2. The molecular weight excluding hydrogens is 392 g/mol. The molecule has 2 amide bonds. The summed E-state index contributed by atoms with van der Waals surface area (Å²) in [5, 5.41) is -0.207. The molecule has 8 heteroatoms. The molecule has 1 aromatic rings. The second-order valence-corrected chi connectivity index (χ2v) is 11.2. The first kappa shape index (κ1) is 20.6. The first-order chi connectivity index (χ1) is 13.8. The summed E-state index contributed by atoms with van der Waals surface area (Å²) in [6.07, 6.45) is 9.02. The van der Waals surface area contributed by atoms with Gasteiger partial charge in [0.1, 0.15) is 6.10 Å². The Morgan fingerprint density at radius 2 is 2.00 bits per heavy atom. The highest BCUT2D eigenvalue weighted by Crippen LogP contribution is 2.30. The van der Waals surface area contributed by atoms with Gasteiger partial charge in [0.2, 0.25) is 0 Å². The monoisotopic (exact) mass is 422 g/mol. The Kier molecular flexibility index (Phi) is 5.84. The standard InChI is InChI=1S/C21H30N2O5S/c1-14(27-12-15-6-7-15)21(25)23-10-8-17(9-11-23)29(2,26)22-20(24)19-18-5-3-4-16(18)13-28-19/h13-15,17H,3-12H2,1-2H3. The lowest BCUT2D eigenvalue weighted by atomic mass is 10.1. The zero-order chi connectivity index (χ0) is 20.6. The van der Waals surface area contributed by atoms with Gasteiger partial charge in [0.05, 0.1) is 22.6 Å². The Hall–Kier alpha value is -1.67. The summed E-state index contributed by atoms with van der Waals surface area (Å²) in [5.41, 5.74) is 1.99. The Morgan fingerprint density at radius 3 is 2.69 bits per heavy atom. The number of piperidine rings is 1. The summed E-state index contributed by atoms with van der Waals surface area (Å²) in [5.74, 6) is 0.351. The molecule has 0 aromatic carbocycles. The highest BCUT2D eigenvalue weighted by Gasteiger charge is 2.32. The Morgan fingerprint density at radius 1 is 1.28 bits per heavy atom. The normalized spacial score (nSPS) is 22.8. The van der Waals surface area contributed by atoms with Crippen LogP contribution in [0, 0.1) is 5.92 Å². The van der Waals surface area contributed by atoms with Crippen molar-refractivity contribution < 1.29 is 23.0 Å². The van der Waals surface area contributed by atoms with E-state index in [0.717, 1.165) is 30.4 Å². The van der Waals surface area contributed by atoms with Gasteiger partial charge in [-0.2, -0.15) is 4.36 Å². The summed E-state index contributed by atoms with van der Waals surface area (Å²) in [7, 11) is -2.71. The number of ether oxygens (including phenoxy) is 1. The van der Waals surface area contributed by atoms with Gasteiger partial charge in [0.15, 0.2) is 5.76 Å². The molecular formula is C21H30N2O5S. The van der Waals surface area contributed by atoms with Gasteiger partial charge in [0.25, 0.3) is 5.91 Å². The molecule has 160 valence electrons. The van der Waals surface area contributed by atoms with Crippen molar-refractivity contribution in [2.75, 3.05) is 26.0 Å². The van der Waals surface area contributed by atoms with E-state index in [1.54, 1.807) is 24.3 Å². The molecule has 2 heterocycles. The van der Waals surface area contributed by atoms with Gasteiger partial charge >= 0.3 is 5.91 Å². The summed E-state index contributed by atoms with van der Waals surface area (Å²) >= 11 is 0.